The molecule has 3 rings (SSSR count). The first kappa shape index (κ1) is 17.4. The molecule has 0 aliphatic heterocycles. The van der Waals surface area contributed by atoms with Gasteiger partial charge in [0.15, 0.2) is 0 Å². The molecule has 1 aromatic rings. The predicted octanol–water partition coefficient (Wildman–Crippen LogP) is 2.24. The summed E-state index contributed by atoms with van der Waals surface area (Å²) in [7, 11) is 1.68. The fourth-order valence-electron chi connectivity index (χ4n) is 4.50. The number of amides is 1. The van der Waals surface area contributed by atoms with Crippen LogP contribution >= 0.6 is 0 Å². The minimum absolute atomic E-state index is 0.0845. The van der Waals surface area contributed by atoms with Crippen molar-refractivity contribution >= 4 is 11.6 Å². The highest BCUT2D eigenvalue weighted by atomic mass is 16.5. The molecule has 2 fully saturated rings. The van der Waals surface area contributed by atoms with Crippen LogP contribution in [0.3, 0.4) is 0 Å². The Balaban J connectivity index is 1.68. The van der Waals surface area contributed by atoms with E-state index in [1.807, 2.05) is 18.5 Å². The van der Waals surface area contributed by atoms with Gasteiger partial charge in [0.05, 0.1) is 30.2 Å². The number of ether oxygens (including phenoxy) is 1. The van der Waals surface area contributed by atoms with E-state index in [-0.39, 0.29) is 11.8 Å². The van der Waals surface area contributed by atoms with Crippen molar-refractivity contribution in [2.75, 3.05) is 19.0 Å². The number of hydrogen-bond acceptors (Lipinski definition) is 4. The molecule has 2 bridgehead atoms. The van der Waals surface area contributed by atoms with E-state index in [1.165, 1.54) is 19.3 Å². The molecule has 1 heterocycles. The van der Waals surface area contributed by atoms with Gasteiger partial charge >= 0.3 is 0 Å². The SMILES string of the molecule is COCCn1nc(C)c(NC(=O)C2CC3CCCC(C2)C3N)c1C. The first-order valence-electron chi connectivity index (χ1n) is 9.10. The van der Waals surface area contributed by atoms with Crippen LogP contribution in [0.25, 0.3) is 0 Å². The van der Waals surface area contributed by atoms with Crippen molar-refractivity contribution in [2.45, 2.75) is 58.5 Å². The van der Waals surface area contributed by atoms with Gasteiger partial charge < -0.3 is 15.8 Å². The number of anilines is 1. The lowest BCUT2D eigenvalue weighted by Gasteiger charge is -2.43. The van der Waals surface area contributed by atoms with E-state index < -0.39 is 0 Å². The second-order valence-electron chi connectivity index (χ2n) is 7.45. The average Bonchev–Trinajstić information content (AvgIpc) is 2.80. The number of nitrogens with two attached hydrogens (primary N) is 1. The molecule has 3 N–H and O–H groups in total. The van der Waals surface area contributed by atoms with Crippen molar-refractivity contribution in [1.29, 1.82) is 0 Å². The van der Waals surface area contributed by atoms with Crippen LogP contribution in [0.5, 0.6) is 0 Å². The Labute approximate surface area is 144 Å². The zero-order chi connectivity index (χ0) is 17.3. The minimum Gasteiger partial charge on any atom is -0.383 e. The number of nitrogens with one attached hydrogen (secondary N) is 1. The first-order chi connectivity index (χ1) is 11.5. The molecule has 134 valence electrons. The molecule has 2 aliphatic carbocycles. The van der Waals surface area contributed by atoms with Gasteiger partial charge in [-0.25, -0.2) is 0 Å². The van der Waals surface area contributed by atoms with Gasteiger partial charge in [0.1, 0.15) is 0 Å². The maximum absolute atomic E-state index is 12.8. The van der Waals surface area contributed by atoms with E-state index in [9.17, 15) is 4.79 Å². The number of nitrogens with zero attached hydrogens (tertiary/aromatic N) is 2. The van der Waals surface area contributed by atoms with Crippen molar-refractivity contribution in [3.63, 3.8) is 0 Å². The Kier molecular flexibility index (Phi) is 5.25. The topological polar surface area (TPSA) is 82.2 Å². The van der Waals surface area contributed by atoms with Crippen LogP contribution in [0.15, 0.2) is 0 Å². The molecule has 0 radical (unpaired) electrons. The quantitative estimate of drug-likeness (QED) is 0.865. The lowest BCUT2D eigenvalue weighted by atomic mass is 9.65. The molecule has 0 aromatic carbocycles. The molecule has 1 aromatic heterocycles. The van der Waals surface area contributed by atoms with Gasteiger partial charge in [0.25, 0.3) is 0 Å². The van der Waals surface area contributed by atoms with Crippen molar-refractivity contribution < 1.29 is 9.53 Å². The number of hydrogen-bond donors (Lipinski definition) is 2. The summed E-state index contributed by atoms with van der Waals surface area (Å²) in [4.78, 5) is 12.8. The van der Waals surface area contributed by atoms with Gasteiger partial charge in [-0.3, -0.25) is 9.48 Å². The van der Waals surface area contributed by atoms with Crippen LogP contribution in [-0.4, -0.2) is 35.4 Å². The van der Waals surface area contributed by atoms with E-state index in [2.05, 4.69) is 10.4 Å². The summed E-state index contributed by atoms with van der Waals surface area (Å²) in [5.74, 6) is 1.25. The smallest absolute Gasteiger partial charge is 0.227 e. The maximum Gasteiger partial charge on any atom is 0.227 e. The van der Waals surface area contributed by atoms with E-state index in [0.29, 0.717) is 31.0 Å². The van der Waals surface area contributed by atoms with Crippen LogP contribution in [0.2, 0.25) is 0 Å². The van der Waals surface area contributed by atoms with Crippen LogP contribution < -0.4 is 11.1 Å². The molecule has 2 atom stereocenters. The Morgan fingerprint density at radius 1 is 1.33 bits per heavy atom. The number of carbonyl (C=O) groups excluding carboxylic acids is 1. The minimum atomic E-state index is 0.0845. The third kappa shape index (κ3) is 3.35. The zero-order valence-corrected chi connectivity index (χ0v) is 15.0. The molecule has 0 spiro atoms. The van der Waals surface area contributed by atoms with Gasteiger partial charge in [-0.05, 0) is 51.4 Å². The third-order valence-electron chi connectivity index (χ3n) is 5.92. The van der Waals surface area contributed by atoms with E-state index in [4.69, 9.17) is 10.5 Å². The number of fused-ring (bicyclic) bond motifs is 2. The standard InChI is InChI=1S/C18H30N4O2/c1-11-17(12(2)22(21-11)7-8-24-3)20-18(23)15-9-13-5-4-6-14(10-15)16(13)19/h13-16H,4-10,19H2,1-3H3,(H,20,23). The lowest BCUT2D eigenvalue weighted by Crippen LogP contribution is -2.48. The van der Waals surface area contributed by atoms with Crippen molar-refractivity contribution in [3.05, 3.63) is 11.4 Å². The fraction of sp³-hybridized carbons (Fsp3) is 0.778. The molecular formula is C18H30N4O2. The Morgan fingerprint density at radius 3 is 2.62 bits per heavy atom. The van der Waals surface area contributed by atoms with Crippen LogP contribution in [0.1, 0.15) is 43.5 Å². The highest BCUT2D eigenvalue weighted by molar-refractivity contribution is 5.93. The number of carbonyl (C=O) groups is 1. The molecular weight excluding hydrogens is 304 g/mol. The predicted molar refractivity (Wildman–Crippen MR) is 93.7 cm³/mol. The highest BCUT2D eigenvalue weighted by Crippen LogP contribution is 2.42. The van der Waals surface area contributed by atoms with Crippen LogP contribution in [0, 0.1) is 31.6 Å². The van der Waals surface area contributed by atoms with E-state index >= 15 is 0 Å². The second kappa shape index (κ2) is 7.23. The summed E-state index contributed by atoms with van der Waals surface area (Å²) in [6.45, 7) is 5.24. The second-order valence-corrected chi connectivity index (χ2v) is 7.45. The van der Waals surface area contributed by atoms with Gasteiger partial charge in [0.2, 0.25) is 5.91 Å². The number of methoxy groups -OCH3 is 1. The molecule has 2 aliphatic rings. The Hall–Kier alpha value is -1.40. The zero-order valence-electron chi connectivity index (χ0n) is 15.0. The van der Waals surface area contributed by atoms with Gasteiger partial charge in [-0.1, -0.05) is 6.42 Å². The number of rotatable bonds is 5. The van der Waals surface area contributed by atoms with Gasteiger partial charge in [-0.2, -0.15) is 5.10 Å². The van der Waals surface area contributed by atoms with Crippen molar-refractivity contribution in [2.24, 2.45) is 23.5 Å². The van der Waals surface area contributed by atoms with Gasteiger partial charge in [0, 0.05) is 19.1 Å². The van der Waals surface area contributed by atoms with Gasteiger partial charge in [-0.15, -0.1) is 0 Å². The summed E-state index contributed by atoms with van der Waals surface area (Å²) in [6, 6.07) is 0.295. The molecule has 6 nitrogen and oxygen atoms in total. The summed E-state index contributed by atoms with van der Waals surface area (Å²) in [5.41, 5.74) is 9.05. The molecule has 0 saturated heterocycles. The largest absolute Gasteiger partial charge is 0.383 e. The number of aryl methyl sites for hydroxylation is 1. The average molecular weight is 334 g/mol. The first-order valence-corrected chi connectivity index (χ1v) is 9.10. The molecule has 24 heavy (non-hydrogen) atoms. The molecule has 1 amide bonds. The van der Waals surface area contributed by atoms with Crippen molar-refractivity contribution in [3.8, 4) is 0 Å². The van der Waals surface area contributed by atoms with E-state index in [1.54, 1.807) is 7.11 Å². The van der Waals surface area contributed by atoms with Crippen LogP contribution in [0.4, 0.5) is 5.69 Å². The summed E-state index contributed by atoms with van der Waals surface area (Å²) in [6.07, 6.45) is 5.48. The summed E-state index contributed by atoms with van der Waals surface area (Å²) in [5, 5.41) is 7.66. The van der Waals surface area contributed by atoms with Crippen molar-refractivity contribution in [1.82, 2.24) is 9.78 Å². The maximum atomic E-state index is 12.8. The summed E-state index contributed by atoms with van der Waals surface area (Å²) >= 11 is 0. The molecule has 2 unspecified atom stereocenters. The monoisotopic (exact) mass is 334 g/mol. The normalized spacial score (nSPS) is 29.5. The fourth-order valence-corrected chi connectivity index (χ4v) is 4.50. The molecule has 6 heteroatoms. The Morgan fingerprint density at radius 2 is 2.00 bits per heavy atom. The molecule has 2 saturated carbocycles. The Bertz CT molecular complexity index is 584. The highest BCUT2D eigenvalue weighted by Gasteiger charge is 2.40. The van der Waals surface area contributed by atoms with E-state index in [0.717, 1.165) is 29.9 Å². The third-order valence-corrected chi connectivity index (χ3v) is 5.92. The lowest BCUT2D eigenvalue weighted by molar-refractivity contribution is -0.122. The number of aromatic nitrogens is 2. The summed E-state index contributed by atoms with van der Waals surface area (Å²) < 4.78 is 7.02. The van der Waals surface area contributed by atoms with Crippen LogP contribution in [-0.2, 0) is 16.1 Å².